The average molecular weight is 316 g/mol. The number of ether oxygens (including phenoxy) is 1. The molecule has 22 heavy (non-hydrogen) atoms. The number of methoxy groups -OCH3 is 1. The topological polar surface area (TPSA) is 29.5 Å². The second-order valence-corrected chi connectivity index (χ2v) is 5.93. The first-order valence-electron chi connectivity index (χ1n) is 7.33. The molecule has 3 rings (SSSR count). The van der Waals surface area contributed by atoms with Crippen LogP contribution in [0.15, 0.2) is 42.5 Å². The van der Waals surface area contributed by atoms with Gasteiger partial charge in [-0.15, -0.1) is 0 Å². The predicted molar refractivity (Wildman–Crippen MR) is 87.6 cm³/mol. The summed E-state index contributed by atoms with van der Waals surface area (Å²) in [5, 5.41) is 0.637. The van der Waals surface area contributed by atoms with Gasteiger partial charge in [-0.1, -0.05) is 17.7 Å². The minimum Gasteiger partial charge on any atom is -0.497 e. The van der Waals surface area contributed by atoms with Crippen LogP contribution < -0.4 is 4.74 Å². The lowest BCUT2D eigenvalue weighted by Gasteiger charge is -2.35. The molecule has 1 unspecified atom stereocenters. The molecule has 114 valence electrons. The Morgan fingerprint density at radius 3 is 2.64 bits per heavy atom. The number of nitrogens with zero attached hydrogens (tertiary/aromatic N) is 1. The number of fused-ring (bicyclic) bond motifs is 1. The molecule has 1 heterocycles. The Morgan fingerprint density at radius 2 is 1.95 bits per heavy atom. The number of carbonyl (C=O) groups is 1. The van der Waals surface area contributed by atoms with Crippen molar-refractivity contribution in [1.29, 1.82) is 0 Å². The largest absolute Gasteiger partial charge is 0.497 e. The summed E-state index contributed by atoms with van der Waals surface area (Å²) >= 11 is 5.89. The monoisotopic (exact) mass is 315 g/mol. The Hall–Kier alpha value is -2.00. The lowest BCUT2D eigenvalue weighted by molar-refractivity contribution is 0.0677. The van der Waals surface area contributed by atoms with Gasteiger partial charge in [0, 0.05) is 17.1 Å². The van der Waals surface area contributed by atoms with Gasteiger partial charge in [0.2, 0.25) is 0 Å². The minimum absolute atomic E-state index is 0.0297. The van der Waals surface area contributed by atoms with Gasteiger partial charge < -0.3 is 9.64 Å². The number of carbonyl (C=O) groups excluding carboxylic acids is 1. The van der Waals surface area contributed by atoms with E-state index in [0.717, 1.165) is 24.3 Å². The molecule has 1 amide bonds. The van der Waals surface area contributed by atoms with E-state index in [4.69, 9.17) is 16.3 Å². The molecule has 4 heteroatoms. The van der Waals surface area contributed by atoms with Gasteiger partial charge in [0.25, 0.3) is 5.91 Å². The molecule has 3 nitrogen and oxygen atoms in total. The van der Waals surface area contributed by atoms with Crippen molar-refractivity contribution in [3.63, 3.8) is 0 Å². The van der Waals surface area contributed by atoms with Crippen LogP contribution in [0.5, 0.6) is 5.75 Å². The SMILES string of the molecule is COc1ccc2c(c1)C(C)N(C(=O)c1ccc(Cl)cc1)CC2. The molecule has 0 fully saturated rings. The quantitative estimate of drug-likeness (QED) is 0.834. The van der Waals surface area contributed by atoms with E-state index in [9.17, 15) is 4.79 Å². The Balaban J connectivity index is 1.89. The van der Waals surface area contributed by atoms with Crippen LogP contribution in [0.3, 0.4) is 0 Å². The van der Waals surface area contributed by atoms with Crippen molar-refractivity contribution in [3.8, 4) is 5.75 Å². The smallest absolute Gasteiger partial charge is 0.254 e. The molecule has 1 atom stereocenters. The summed E-state index contributed by atoms with van der Waals surface area (Å²) in [5.41, 5.74) is 3.11. The summed E-state index contributed by atoms with van der Waals surface area (Å²) in [6.07, 6.45) is 0.864. The van der Waals surface area contributed by atoms with Crippen molar-refractivity contribution in [1.82, 2.24) is 4.90 Å². The van der Waals surface area contributed by atoms with Crippen LogP contribution in [0, 0.1) is 0 Å². The highest BCUT2D eigenvalue weighted by Crippen LogP contribution is 2.33. The van der Waals surface area contributed by atoms with Crippen molar-refractivity contribution in [3.05, 3.63) is 64.2 Å². The summed E-state index contributed by atoms with van der Waals surface area (Å²) in [6.45, 7) is 2.78. The number of halogens is 1. The van der Waals surface area contributed by atoms with Crippen molar-refractivity contribution in [2.75, 3.05) is 13.7 Å². The van der Waals surface area contributed by atoms with Crippen LogP contribution in [0.4, 0.5) is 0 Å². The summed E-state index contributed by atoms with van der Waals surface area (Å²) in [7, 11) is 1.66. The lowest BCUT2D eigenvalue weighted by Crippen LogP contribution is -2.38. The maximum absolute atomic E-state index is 12.7. The third-order valence-corrected chi connectivity index (χ3v) is 4.50. The highest BCUT2D eigenvalue weighted by molar-refractivity contribution is 6.30. The van der Waals surface area contributed by atoms with E-state index in [1.807, 2.05) is 17.0 Å². The molecule has 0 radical (unpaired) electrons. The fraction of sp³-hybridized carbons (Fsp3) is 0.278. The second-order valence-electron chi connectivity index (χ2n) is 5.50. The van der Waals surface area contributed by atoms with E-state index in [0.29, 0.717) is 10.6 Å². The molecule has 1 aliphatic rings. The van der Waals surface area contributed by atoms with E-state index in [1.165, 1.54) is 5.56 Å². The minimum atomic E-state index is 0.0297. The first kappa shape index (κ1) is 14.9. The number of rotatable bonds is 2. The zero-order valence-electron chi connectivity index (χ0n) is 12.7. The van der Waals surface area contributed by atoms with E-state index >= 15 is 0 Å². The number of hydrogen-bond acceptors (Lipinski definition) is 2. The van der Waals surface area contributed by atoms with E-state index in [-0.39, 0.29) is 11.9 Å². The molecule has 2 aromatic carbocycles. The number of amides is 1. The standard InChI is InChI=1S/C18H18ClNO2/c1-12-17-11-16(22-2)8-5-13(17)9-10-20(12)18(21)14-3-6-15(19)7-4-14/h3-8,11-12H,9-10H2,1-2H3. The van der Waals surface area contributed by atoms with Gasteiger partial charge in [0.05, 0.1) is 13.2 Å². The Bertz CT molecular complexity index is 697. The molecule has 0 spiro atoms. The summed E-state index contributed by atoms with van der Waals surface area (Å²) in [5.74, 6) is 0.865. The highest BCUT2D eigenvalue weighted by atomic mass is 35.5. The van der Waals surface area contributed by atoms with Gasteiger partial charge in [-0.3, -0.25) is 4.79 Å². The van der Waals surface area contributed by atoms with Gasteiger partial charge in [-0.2, -0.15) is 0 Å². The zero-order valence-corrected chi connectivity index (χ0v) is 13.4. The summed E-state index contributed by atoms with van der Waals surface area (Å²) < 4.78 is 5.30. The van der Waals surface area contributed by atoms with Crippen molar-refractivity contribution < 1.29 is 9.53 Å². The normalized spacial score (nSPS) is 17.0. The van der Waals surface area contributed by atoms with Crippen LogP contribution in [-0.2, 0) is 6.42 Å². The molecule has 1 aliphatic heterocycles. The number of benzene rings is 2. The fourth-order valence-electron chi connectivity index (χ4n) is 2.95. The maximum Gasteiger partial charge on any atom is 0.254 e. The predicted octanol–water partition coefficient (Wildman–Crippen LogP) is 4.11. The summed E-state index contributed by atoms with van der Waals surface area (Å²) in [4.78, 5) is 14.6. The van der Waals surface area contributed by atoms with Gasteiger partial charge >= 0.3 is 0 Å². The van der Waals surface area contributed by atoms with Crippen molar-refractivity contribution in [2.45, 2.75) is 19.4 Å². The Morgan fingerprint density at radius 1 is 1.23 bits per heavy atom. The average Bonchev–Trinajstić information content (AvgIpc) is 2.55. The van der Waals surface area contributed by atoms with Crippen molar-refractivity contribution in [2.24, 2.45) is 0 Å². The van der Waals surface area contributed by atoms with Crippen molar-refractivity contribution >= 4 is 17.5 Å². The van der Waals surface area contributed by atoms with E-state index < -0.39 is 0 Å². The lowest BCUT2D eigenvalue weighted by atomic mass is 9.92. The maximum atomic E-state index is 12.7. The first-order chi connectivity index (χ1) is 10.6. The van der Waals surface area contributed by atoms with E-state index in [2.05, 4.69) is 13.0 Å². The third kappa shape index (κ3) is 2.69. The first-order valence-corrected chi connectivity index (χ1v) is 7.71. The van der Waals surface area contributed by atoms with E-state index in [1.54, 1.807) is 31.4 Å². The Kier molecular flexibility index (Phi) is 4.08. The second kappa shape index (κ2) is 6.01. The van der Waals surface area contributed by atoms with Gasteiger partial charge in [0.15, 0.2) is 0 Å². The van der Waals surface area contributed by atoms with Crippen LogP contribution >= 0.6 is 11.6 Å². The molecular formula is C18H18ClNO2. The van der Waals surface area contributed by atoms with Gasteiger partial charge in [0.1, 0.15) is 5.75 Å². The van der Waals surface area contributed by atoms with Crippen LogP contribution in [0.25, 0.3) is 0 Å². The van der Waals surface area contributed by atoms with Crippen LogP contribution in [0.1, 0.15) is 34.5 Å². The molecule has 0 N–H and O–H groups in total. The zero-order chi connectivity index (χ0) is 15.7. The molecule has 2 aromatic rings. The third-order valence-electron chi connectivity index (χ3n) is 4.24. The molecule has 0 saturated heterocycles. The van der Waals surface area contributed by atoms with Crippen LogP contribution in [-0.4, -0.2) is 24.5 Å². The molecule has 0 saturated carbocycles. The Labute approximate surface area is 135 Å². The molecule has 0 aliphatic carbocycles. The summed E-state index contributed by atoms with van der Waals surface area (Å²) in [6, 6.07) is 13.2. The molecular weight excluding hydrogens is 298 g/mol. The molecule has 0 aromatic heterocycles. The van der Waals surface area contributed by atoms with Crippen LogP contribution in [0.2, 0.25) is 5.02 Å². The van der Waals surface area contributed by atoms with Gasteiger partial charge in [-0.05, 0) is 60.9 Å². The highest BCUT2D eigenvalue weighted by Gasteiger charge is 2.28. The number of hydrogen-bond donors (Lipinski definition) is 0. The van der Waals surface area contributed by atoms with Gasteiger partial charge in [-0.25, -0.2) is 0 Å². The molecule has 0 bridgehead atoms. The fourth-order valence-corrected chi connectivity index (χ4v) is 3.08.